The van der Waals surface area contributed by atoms with Gasteiger partial charge in [0, 0.05) is 11.0 Å². The van der Waals surface area contributed by atoms with Crippen molar-refractivity contribution < 1.29 is 14.3 Å². The Balaban J connectivity index is 1.84. The predicted molar refractivity (Wildman–Crippen MR) is 89.1 cm³/mol. The Kier molecular flexibility index (Phi) is 5.83. The first-order valence-electron chi connectivity index (χ1n) is 6.91. The van der Waals surface area contributed by atoms with Crippen LogP contribution < -0.4 is 14.8 Å². The second-order valence-electron chi connectivity index (χ2n) is 4.78. The fraction of sp³-hybridized carbons (Fsp3) is 0.235. The van der Waals surface area contributed by atoms with E-state index < -0.39 is 6.10 Å². The van der Waals surface area contributed by atoms with Crippen LogP contribution in [0.15, 0.2) is 53.0 Å². The quantitative estimate of drug-likeness (QED) is 0.853. The highest BCUT2D eigenvalue weighted by atomic mass is 79.9. The summed E-state index contributed by atoms with van der Waals surface area (Å²) in [5.74, 6) is 1.30. The number of hydrogen-bond acceptors (Lipinski definition) is 3. The summed E-state index contributed by atoms with van der Waals surface area (Å²) in [6.07, 6.45) is -0.556. The zero-order chi connectivity index (χ0) is 15.9. The minimum Gasteiger partial charge on any atom is -0.497 e. The molecular formula is C17H18BrNO3. The maximum absolute atomic E-state index is 12.0. The summed E-state index contributed by atoms with van der Waals surface area (Å²) in [7, 11) is 1.62. The molecule has 116 valence electrons. The Labute approximate surface area is 138 Å². The van der Waals surface area contributed by atoms with E-state index >= 15 is 0 Å². The standard InChI is InChI=1S/C17H18BrNO3/c1-12(22-16-9-5-14(18)6-10-16)17(20)19-11-13-3-7-15(21-2)8-4-13/h3-10,12H,11H2,1-2H3,(H,19,20)/t12-/m0/s1. The molecule has 0 saturated heterocycles. The molecule has 0 unspecified atom stereocenters. The Morgan fingerprint density at radius 1 is 1.09 bits per heavy atom. The molecule has 0 radical (unpaired) electrons. The lowest BCUT2D eigenvalue weighted by Gasteiger charge is -2.15. The van der Waals surface area contributed by atoms with Crippen LogP contribution in [0.4, 0.5) is 0 Å². The first kappa shape index (κ1) is 16.4. The number of methoxy groups -OCH3 is 1. The molecule has 0 aliphatic rings. The van der Waals surface area contributed by atoms with Gasteiger partial charge in [-0.25, -0.2) is 0 Å². The van der Waals surface area contributed by atoms with Crippen molar-refractivity contribution in [2.24, 2.45) is 0 Å². The molecule has 0 fully saturated rings. The number of carbonyl (C=O) groups excluding carboxylic acids is 1. The highest BCUT2D eigenvalue weighted by Crippen LogP contribution is 2.17. The Bertz CT molecular complexity index is 611. The summed E-state index contributed by atoms with van der Waals surface area (Å²) >= 11 is 3.36. The number of ether oxygens (including phenoxy) is 2. The van der Waals surface area contributed by atoms with Gasteiger partial charge in [-0.3, -0.25) is 4.79 Å². The molecule has 0 aliphatic heterocycles. The lowest BCUT2D eigenvalue weighted by atomic mass is 10.2. The molecule has 4 nitrogen and oxygen atoms in total. The summed E-state index contributed by atoms with van der Waals surface area (Å²) < 4.78 is 11.7. The van der Waals surface area contributed by atoms with Crippen LogP contribution in [0, 0.1) is 0 Å². The van der Waals surface area contributed by atoms with E-state index in [4.69, 9.17) is 9.47 Å². The van der Waals surface area contributed by atoms with Crippen molar-refractivity contribution >= 4 is 21.8 Å². The van der Waals surface area contributed by atoms with Gasteiger partial charge in [0.05, 0.1) is 7.11 Å². The van der Waals surface area contributed by atoms with Gasteiger partial charge in [-0.05, 0) is 48.9 Å². The molecule has 0 aromatic heterocycles. The van der Waals surface area contributed by atoms with E-state index in [9.17, 15) is 4.79 Å². The lowest BCUT2D eigenvalue weighted by molar-refractivity contribution is -0.127. The number of halogens is 1. The van der Waals surface area contributed by atoms with Crippen molar-refractivity contribution in [1.29, 1.82) is 0 Å². The van der Waals surface area contributed by atoms with Gasteiger partial charge in [-0.15, -0.1) is 0 Å². The largest absolute Gasteiger partial charge is 0.497 e. The average Bonchev–Trinajstić information content (AvgIpc) is 2.55. The van der Waals surface area contributed by atoms with Crippen LogP contribution in [0.1, 0.15) is 12.5 Å². The van der Waals surface area contributed by atoms with Gasteiger partial charge in [-0.1, -0.05) is 28.1 Å². The van der Waals surface area contributed by atoms with Gasteiger partial charge in [0.1, 0.15) is 11.5 Å². The van der Waals surface area contributed by atoms with E-state index in [2.05, 4.69) is 21.2 Å². The number of rotatable bonds is 6. The highest BCUT2D eigenvalue weighted by Gasteiger charge is 2.14. The molecule has 1 atom stereocenters. The maximum Gasteiger partial charge on any atom is 0.261 e. The molecule has 0 saturated carbocycles. The third kappa shape index (κ3) is 4.77. The molecule has 0 aliphatic carbocycles. The van der Waals surface area contributed by atoms with Crippen molar-refractivity contribution in [1.82, 2.24) is 5.32 Å². The summed E-state index contributed by atoms with van der Waals surface area (Å²) in [5.41, 5.74) is 1.00. The second kappa shape index (κ2) is 7.84. The van der Waals surface area contributed by atoms with E-state index in [0.717, 1.165) is 15.8 Å². The van der Waals surface area contributed by atoms with Gasteiger partial charge in [0.2, 0.25) is 0 Å². The van der Waals surface area contributed by atoms with Crippen molar-refractivity contribution in [3.8, 4) is 11.5 Å². The number of carbonyl (C=O) groups is 1. The van der Waals surface area contributed by atoms with Crippen LogP contribution >= 0.6 is 15.9 Å². The average molecular weight is 364 g/mol. The fourth-order valence-electron chi connectivity index (χ4n) is 1.85. The minimum absolute atomic E-state index is 0.154. The summed E-state index contributed by atoms with van der Waals surface area (Å²) in [4.78, 5) is 12.0. The molecule has 1 N–H and O–H groups in total. The summed E-state index contributed by atoms with van der Waals surface area (Å²) in [6.45, 7) is 2.18. The third-order valence-electron chi connectivity index (χ3n) is 3.12. The molecular weight excluding hydrogens is 346 g/mol. The highest BCUT2D eigenvalue weighted by molar-refractivity contribution is 9.10. The second-order valence-corrected chi connectivity index (χ2v) is 5.70. The Morgan fingerprint density at radius 3 is 2.27 bits per heavy atom. The van der Waals surface area contributed by atoms with Crippen molar-refractivity contribution in [2.75, 3.05) is 7.11 Å². The molecule has 22 heavy (non-hydrogen) atoms. The Hall–Kier alpha value is -2.01. The summed E-state index contributed by atoms with van der Waals surface area (Å²) in [6, 6.07) is 14.9. The van der Waals surface area contributed by atoms with Crippen LogP contribution in [0.25, 0.3) is 0 Å². The van der Waals surface area contributed by atoms with Crippen LogP contribution in [0.5, 0.6) is 11.5 Å². The topological polar surface area (TPSA) is 47.6 Å². The molecule has 0 bridgehead atoms. The number of benzene rings is 2. The van der Waals surface area contributed by atoms with E-state index in [-0.39, 0.29) is 5.91 Å². The van der Waals surface area contributed by atoms with E-state index in [1.165, 1.54) is 0 Å². The van der Waals surface area contributed by atoms with E-state index in [1.54, 1.807) is 14.0 Å². The number of amides is 1. The maximum atomic E-state index is 12.0. The van der Waals surface area contributed by atoms with Gasteiger partial charge < -0.3 is 14.8 Å². The minimum atomic E-state index is -0.556. The third-order valence-corrected chi connectivity index (χ3v) is 3.65. The first-order chi connectivity index (χ1) is 10.6. The molecule has 2 aromatic carbocycles. The van der Waals surface area contributed by atoms with Gasteiger partial charge >= 0.3 is 0 Å². The van der Waals surface area contributed by atoms with Gasteiger partial charge in [0.25, 0.3) is 5.91 Å². The van der Waals surface area contributed by atoms with Crippen molar-refractivity contribution in [3.05, 3.63) is 58.6 Å². The van der Waals surface area contributed by atoms with Crippen LogP contribution in [0.2, 0.25) is 0 Å². The lowest BCUT2D eigenvalue weighted by Crippen LogP contribution is -2.35. The number of hydrogen-bond donors (Lipinski definition) is 1. The summed E-state index contributed by atoms with van der Waals surface area (Å²) in [5, 5.41) is 2.85. The van der Waals surface area contributed by atoms with Gasteiger partial charge in [0.15, 0.2) is 6.10 Å². The SMILES string of the molecule is COc1ccc(CNC(=O)[C@H](C)Oc2ccc(Br)cc2)cc1. The van der Waals surface area contributed by atoms with E-state index in [0.29, 0.717) is 12.3 Å². The zero-order valence-corrected chi connectivity index (χ0v) is 14.1. The number of nitrogens with one attached hydrogen (secondary N) is 1. The van der Waals surface area contributed by atoms with Crippen LogP contribution in [-0.4, -0.2) is 19.1 Å². The molecule has 2 aromatic rings. The first-order valence-corrected chi connectivity index (χ1v) is 7.70. The van der Waals surface area contributed by atoms with E-state index in [1.807, 2.05) is 48.5 Å². The van der Waals surface area contributed by atoms with Crippen LogP contribution in [-0.2, 0) is 11.3 Å². The molecule has 1 amide bonds. The monoisotopic (exact) mass is 363 g/mol. The zero-order valence-electron chi connectivity index (χ0n) is 12.5. The molecule has 5 heteroatoms. The van der Waals surface area contributed by atoms with Crippen molar-refractivity contribution in [3.63, 3.8) is 0 Å². The predicted octanol–water partition coefficient (Wildman–Crippen LogP) is 3.54. The normalized spacial score (nSPS) is 11.6. The fourth-order valence-corrected chi connectivity index (χ4v) is 2.11. The molecule has 0 spiro atoms. The van der Waals surface area contributed by atoms with Crippen molar-refractivity contribution in [2.45, 2.75) is 19.6 Å². The molecule has 2 rings (SSSR count). The molecule has 0 heterocycles. The van der Waals surface area contributed by atoms with Gasteiger partial charge in [-0.2, -0.15) is 0 Å². The van der Waals surface area contributed by atoms with Crippen LogP contribution in [0.3, 0.4) is 0 Å². The smallest absolute Gasteiger partial charge is 0.261 e. The Morgan fingerprint density at radius 2 is 1.68 bits per heavy atom.